The van der Waals surface area contributed by atoms with Crippen molar-refractivity contribution in [1.29, 1.82) is 0 Å². The summed E-state index contributed by atoms with van der Waals surface area (Å²) in [7, 11) is 0. The first-order chi connectivity index (χ1) is 9.63. The monoisotopic (exact) mass is 277 g/mol. The second-order valence-corrected chi connectivity index (χ2v) is 4.11. The number of benzene rings is 2. The van der Waals surface area contributed by atoms with Crippen molar-refractivity contribution >= 4 is 11.6 Å². The summed E-state index contributed by atoms with van der Waals surface area (Å²) >= 11 is 0. The minimum Gasteiger partial charge on any atom is -0.493 e. The molecule has 104 valence electrons. The maximum absolute atomic E-state index is 12.9. The molecule has 2 rings (SSSR count). The SMILES string of the molecule is O=C(CCOc1ccc(F)cc1)Nc1cccc(F)c1. The van der Waals surface area contributed by atoms with E-state index >= 15 is 0 Å². The summed E-state index contributed by atoms with van der Waals surface area (Å²) in [6.45, 7) is 0.160. The Kier molecular flexibility index (Phi) is 4.65. The first-order valence-corrected chi connectivity index (χ1v) is 6.07. The fourth-order valence-electron chi connectivity index (χ4n) is 1.58. The van der Waals surface area contributed by atoms with Crippen LogP contribution in [0.4, 0.5) is 14.5 Å². The zero-order chi connectivity index (χ0) is 14.4. The Bertz CT molecular complexity index is 585. The van der Waals surface area contributed by atoms with Crippen LogP contribution in [-0.2, 0) is 4.79 Å². The summed E-state index contributed by atoms with van der Waals surface area (Å²) in [4.78, 5) is 11.6. The maximum atomic E-state index is 12.9. The Labute approximate surface area is 115 Å². The largest absolute Gasteiger partial charge is 0.493 e. The number of hydrogen-bond acceptors (Lipinski definition) is 2. The highest BCUT2D eigenvalue weighted by Gasteiger charge is 2.04. The lowest BCUT2D eigenvalue weighted by Gasteiger charge is -2.07. The Morgan fingerprint density at radius 2 is 1.80 bits per heavy atom. The molecule has 20 heavy (non-hydrogen) atoms. The van der Waals surface area contributed by atoms with Gasteiger partial charge < -0.3 is 10.1 Å². The molecule has 1 N–H and O–H groups in total. The number of halogens is 2. The van der Waals surface area contributed by atoms with Crippen LogP contribution < -0.4 is 10.1 Å². The van der Waals surface area contributed by atoms with Gasteiger partial charge in [-0.3, -0.25) is 4.79 Å². The molecule has 0 saturated heterocycles. The normalized spacial score (nSPS) is 10.1. The Morgan fingerprint density at radius 1 is 1.05 bits per heavy atom. The number of hydrogen-bond donors (Lipinski definition) is 1. The molecule has 0 unspecified atom stereocenters. The zero-order valence-electron chi connectivity index (χ0n) is 10.6. The molecule has 2 aromatic rings. The van der Waals surface area contributed by atoms with Crippen LogP contribution in [0.1, 0.15) is 6.42 Å². The molecule has 0 bridgehead atoms. The fourth-order valence-corrected chi connectivity index (χ4v) is 1.58. The third-order valence-electron chi connectivity index (χ3n) is 2.52. The molecule has 0 aliphatic heterocycles. The van der Waals surface area contributed by atoms with Gasteiger partial charge in [-0.1, -0.05) is 6.07 Å². The predicted molar refractivity (Wildman–Crippen MR) is 71.5 cm³/mol. The van der Waals surface area contributed by atoms with E-state index in [4.69, 9.17) is 4.74 Å². The maximum Gasteiger partial charge on any atom is 0.227 e. The van der Waals surface area contributed by atoms with Gasteiger partial charge in [0.05, 0.1) is 13.0 Å². The van der Waals surface area contributed by atoms with Gasteiger partial charge in [0.2, 0.25) is 5.91 Å². The van der Waals surface area contributed by atoms with Crippen LogP contribution in [0, 0.1) is 11.6 Å². The molecule has 0 aliphatic carbocycles. The summed E-state index contributed by atoms with van der Waals surface area (Å²) < 4.78 is 30.9. The van der Waals surface area contributed by atoms with Crippen molar-refractivity contribution < 1.29 is 18.3 Å². The van der Waals surface area contributed by atoms with Crippen molar-refractivity contribution in [1.82, 2.24) is 0 Å². The lowest BCUT2D eigenvalue weighted by molar-refractivity contribution is -0.116. The zero-order valence-corrected chi connectivity index (χ0v) is 10.6. The highest BCUT2D eigenvalue weighted by molar-refractivity contribution is 5.90. The number of rotatable bonds is 5. The minimum absolute atomic E-state index is 0.119. The van der Waals surface area contributed by atoms with Gasteiger partial charge in [0.1, 0.15) is 17.4 Å². The molecular weight excluding hydrogens is 264 g/mol. The number of nitrogens with one attached hydrogen (secondary N) is 1. The average molecular weight is 277 g/mol. The summed E-state index contributed by atoms with van der Waals surface area (Å²) in [6, 6.07) is 11.2. The Hall–Kier alpha value is -2.43. The predicted octanol–water partition coefficient (Wildman–Crippen LogP) is 3.37. The van der Waals surface area contributed by atoms with Crippen LogP contribution in [0.5, 0.6) is 5.75 Å². The van der Waals surface area contributed by atoms with Crippen LogP contribution in [0.25, 0.3) is 0 Å². The summed E-state index contributed by atoms with van der Waals surface area (Å²) in [6.07, 6.45) is 0.119. The molecule has 0 saturated carbocycles. The van der Waals surface area contributed by atoms with E-state index in [-0.39, 0.29) is 24.8 Å². The fraction of sp³-hybridized carbons (Fsp3) is 0.133. The first kappa shape index (κ1) is 14.0. The molecular formula is C15H13F2NO2. The number of ether oxygens (including phenoxy) is 1. The van der Waals surface area contributed by atoms with Gasteiger partial charge in [-0.15, -0.1) is 0 Å². The van der Waals surface area contributed by atoms with E-state index in [0.29, 0.717) is 11.4 Å². The van der Waals surface area contributed by atoms with Crippen LogP contribution in [-0.4, -0.2) is 12.5 Å². The highest BCUT2D eigenvalue weighted by Crippen LogP contribution is 2.12. The van der Waals surface area contributed by atoms with E-state index in [1.165, 1.54) is 42.5 Å². The Balaban J connectivity index is 1.76. The van der Waals surface area contributed by atoms with E-state index in [1.54, 1.807) is 6.07 Å². The van der Waals surface area contributed by atoms with Gasteiger partial charge in [-0.05, 0) is 42.5 Å². The summed E-state index contributed by atoms with van der Waals surface area (Å²) in [5, 5.41) is 2.56. The van der Waals surface area contributed by atoms with Crippen molar-refractivity contribution in [3.8, 4) is 5.75 Å². The lowest BCUT2D eigenvalue weighted by atomic mass is 10.3. The van der Waals surface area contributed by atoms with Gasteiger partial charge in [0, 0.05) is 5.69 Å². The number of carbonyl (C=O) groups excluding carboxylic acids is 1. The van der Waals surface area contributed by atoms with Gasteiger partial charge in [0.25, 0.3) is 0 Å². The third kappa shape index (κ3) is 4.35. The molecule has 1 amide bonds. The van der Waals surface area contributed by atoms with Crippen molar-refractivity contribution in [2.24, 2.45) is 0 Å². The highest BCUT2D eigenvalue weighted by atomic mass is 19.1. The van der Waals surface area contributed by atoms with Gasteiger partial charge in [-0.25, -0.2) is 8.78 Å². The van der Waals surface area contributed by atoms with Crippen LogP contribution in [0.3, 0.4) is 0 Å². The molecule has 0 atom stereocenters. The molecule has 0 spiro atoms. The van der Waals surface area contributed by atoms with Crippen molar-refractivity contribution in [2.45, 2.75) is 6.42 Å². The standard InChI is InChI=1S/C15H13F2NO2/c16-11-4-6-14(7-5-11)20-9-8-15(19)18-13-3-1-2-12(17)10-13/h1-7,10H,8-9H2,(H,18,19). The van der Waals surface area contributed by atoms with Crippen molar-refractivity contribution in [2.75, 3.05) is 11.9 Å². The molecule has 0 aromatic heterocycles. The molecule has 0 heterocycles. The smallest absolute Gasteiger partial charge is 0.227 e. The first-order valence-electron chi connectivity index (χ1n) is 6.07. The second kappa shape index (κ2) is 6.65. The van der Waals surface area contributed by atoms with E-state index in [2.05, 4.69) is 5.32 Å². The molecule has 0 radical (unpaired) electrons. The average Bonchev–Trinajstić information content (AvgIpc) is 2.41. The topological polar surface area (TPSA) is 38.3 Å². The van der Waals surface area contributed by atoms with Gasteiger partial charge >= 0.3 is 0 Å². The van der Waals surface area contributed by atoms with E-state index in [1.807, 2.05) is 0 Å². The number of anilines is 1. The van der Waals surface area contributed by atoms with Crippen molar-refractivity contribution in [3.05, 3.63) is 60.2 Å². The van der Waals surface area contributed by atoms with Gasteiger partial charge in [-0.2, -0.15) is 0 Å². The van der Waals surface area contributed by atoms with Crippen LogP contribution in [0.2, 0.25) is 0 Å². The molecule has 3 nitrogen and oxygen atoms in total. The van der Waals surface area contributed by atoms with E-state index in [0.717, 1.165) is 0 Å². The molecule has 0 fully saturated rings. The molecule has 0 aliphatic rings. The molecule has 2 aromatic carbocycles. The van der Waals surface area contributed by atoms with Crippen LogP contribution >= 0.6 is 0 Å². The third-order valence-corrected chi connectivity index (χ3v) is 2.52. The van der Waals surface area contributed by atoms with Crippen LogP contribution in [0.15, 0.2) is 48.5 Å². The minimum atomic E-state index is -0.412. The van der Waals surface area contributed by atoms with Gasteiger partial charge in [0.15, 0.2) is 0 Å². The lowest BCUT2D eigenvalue weighted by Crippen LogP contribution is -2.15. The van der Waals surface area contributed by atoms with Crippen molar-refractivity contribution in [3.63, 3.8) is 0 Å². The Morgan fingerprint density at radius 3 is 2.50 bits per heavy atom. The number of carbonyl (C=O) groups is 1. The molecule has 5 heteroatoms. The summed E-state index contributed by atoms with van der Waals surface area (Å²) in [5.74, 6) is -0.547. The van der Waals surface area contributed by atoms with E-state index in [9.17, 15) is 13.6 Å². The quantitative estimate of drug-likeness (QED) is 0.910. The number of amides is 1. The summed E-state index contributed by atoms with van der Waals surface area (Å²) in [5.41, 5.74) is 0.400. The van der Waals surface area contributed by atoms with E-state index < -0.39 is 5.82 Å². The second-order valence-electron chi connectivity index (χ2n) is 4.11.